The van der Waals surface area contributed by atoms with Crippen molar-refractivity contribution in [2.24, 2.45) is 5.41 Å². The molecular weight excluding hydrogens is 278 g/mol. The van der Waals surface area contributed by atoms with E-state index in [1.165, 1.54) is 0 Å². The molecule has 2 heterocycles. The average Bonchev–Trinajstić information content (AvgIpc) is 3.19. The summed E-state index contributed by atoms with van der Waals surface area (Å²) in [6.07, 6.45) is 8.31. The second-order valence-corrected chi connectivity index (χ2v) is 6.23. The summed E-state index contributed by atoms with van der Waals surface area (Å²) in [5, 5.41) is 12.6. The van der Waals surface area contributed by atoms with Gasteiger partial charge in [0.25, 0.3) is 5.91 Å². The van der Waals surface area contributed by atoms with E-state index in [2.05, 4.69) is 10.3 Å². The normalized spacial score (nSPS) is 24.4. The predicted molar refractivity (Wildman–Crippen MR) is 83.9 cm³/mol. The number of pyridine rings is 1. The lowest BCUT2D eigenvalue weighted by Crippen LogP contribution is -2.44. The molecule has 1 aliphatic rings. The van der Waals surface area contributed by atoms with Crippen molar-refractivity contribution in [2.45, 2.75) is 32.2 Å². The van der Waals surface area contributed by atoms with Crippen LogP contribution in [0, 0.1) is 5.41 Å². The molecule has 2 unspecified atom stereocenters. The van der Waals surface area contributed by atoms with Gasteiger partial charge in [0.15, 0.2) is 0 Å². The van der Waals surface area contributed by atoms with Gasteiger partial charge in [-0.1, -0.05) is 13.3 Å². The van der Waals surface area contributed by atoms with E-state index in [9.17, 15) is 9.90 Å². The highest BCUT2D eigenvalue weighted by Crippen LogP contribution is 2.37. The van der Waals surface area contributed by atoms with Gasteiger partial charge >= 0.3 is 0 Å². The lowest BCUT2D eigenvalue weighted by molar-refractivity contribution is 0.0830. The lowest BCUT2D eigenvalue weighted by atomic mass is 9.85. The average molecular weight is 299 g/mol. The molecule has 1 fully saturated rings. The summed E-state index contributed by atoms with van der Waals surface area (Å²) in [6.45, 7) is 2.13. The topological polar surface area (TPSA) is 67.2 Å². The zero-order valence-electron chi connectivity index (χ0n) is 12.7. The molecular formula is C17H21N3O2. The van der Waals surface area contributed by atoms with Gasteiger partial charge in [0.1, 0.15) is 5.82 Å². The summed E-state index contributed by atoms with van der Waals surface area (Å²) in [7, 11) is 0. The first-order valence-corrected chi connectivity index (χ1v) is 7.63. The summed E-state index contributed by atoms with van der Waals surface area (Å²) >= 11 is 0. The van der Waals surface area contributed by atoms with E-state index in [4.69, 9.17) is 0 Å². The molecule has 5 nitrogen and oxygen atoms in total. The Balaban J connectivity index is 1.70. The van der Waals surface area contributed by atoms with Gasteiger partial charge in [-0.3, -0.25) is 4.79 Å². The highest BCUT2D eigenvalue weighted by molar-refractivity contribution is 5.94. The van der Waals surface area contributed by atoms with Crippen LogP contribution >= 0.6 is 0 Å². The minimum absolute atomic E-state index is 0.0223. The van der Waals surface area contributed by atoms with Crippen molar-refractivity contribution in [1.29, 1.82) is 0 Å². The van der Waals surface area contributed by atoms with Crippen LogP contribution in [0.4, 0.5) is 0 Å². The van der Waals surface area contributed by atoms with Gasteiger partial charge < -0.3 is 15.0 Å². The number of hydrogen-bond donors (Lipinski definition) is 2. The Morgan fingerprint density at radius 2 is 2.23 bits per heavy atom. The number of nitrogens with one attached hydrogen (secondary N) is 1. The second kappa shape index (κ2) is 5.93. The van der Waals surface area contributed by atoms with Crippen molar-refractivity contribution < 1.29 is 9.90 Å². The van der Waals surface area contributed by atoms with Gasteiger partial charge in [0.05, 0.1) is 12.2 Å². The Labute approximate surface area is 130 Å². The van der Waals surface area contributed by atoms with Gasteiger partial charge in [-0.15, -0.1) is 0 Å². The molecule has 1 aliphatic carbocycles. The molecule has 2 atom stereocenters. The molecule has 22 heavy (non-hydrogen) atoms. The Bertz CT molecular complexity index is 636. The van der Waals surface area contributed by atoms with Crippen LogP contribution in [-0.4, -0.2) is 33.2 Å². The fourth-order valence-electron chi connectivity index (χ4n) is 3.07. The first-order chi connectivity index (χ1) is 10.6. The van der Waals surface area contributed by atoms with E-state index in [1.54, 1.807) is 12.3 Å². The first kappa shape index (κ1) is 14.8. The molecule has 0 saturated heterocycles. The summed E-state index contributed by atoms with van der Waals surface area (Å²) < 4.78 is 1.89. The molecule has 2 N–H and O–H groups in total. The molecule has 0 aromatic carbocycles. The number of rotatable bonds is 4. The van der Waals surface area contributed by atoms with E-state index in [0.717, 1.165) is 25.1 Å². The zero-order chi connectivity index (χ0) is 15.6. The molecule has 1 amide bonds. The summed E-state index contributed by atoms with van der Waals surface area (Å²) in [5.41, 5.74) is 0.330. The van der Waals surface area contributed by atoms with Crippen LogP contribution in [0.25, 0.3) is 5.82 Å². The third-order valence-corrected chi connectivity index (χ3v) is 4.63. The quantitative estimate of drug-likeness (QED) is 0.909. The van der Waals surface area contributed by atoms with E-state index >= 15 is 0 Å². The maximum Gasteiger partial charge on any atom is 0.253 e. The highest BCUT2D eigenvalue weighted by Gasteiger charge is 2.39. The Hall–Kier alpha value is -2.14. The fraction of sp³-hybridized carbons (Fsp3) is 0.412. The van der Waals surface area contributed by atoms with Crippen molar-refractivity contribution >= 4 is 5.91 Å². The van der Waals surface area contributed by atoms with Crippen LogP contribution in [0.2, 0.25) is 0 Å². The molecule has 116 valence electrons. The highest BCUT2D eigenvalue weighted by atomic mass is 16.3. The number of nitrogens with zero attached hydrogens (tertiary/aromatic N) is 2. The standard InChI is InChI=1S/C17H21N3O2/c1-17(12-21)8-4-5-14(17)19-16(22)13-6-7-15(18-11-13)20-9-2-3-10-20/h2-3,6-7,9-11,14,21H,4-5,8,12H2,1H3,(H,19,22). The van der Waals surface area contributed by atoms with E-state index in [1.807, 2.05) is 42.1 Å². The Morgan fingerprint density at radius 3 is 2.86 bits per heavy atom. The molecule has 2 aromatic rings. The van der Waals surface area contributed by atoms with Crippen LogP contribution in [-0.2, 0) is 0 Å². The monoisotopic (exact) mass is 299 g/mol. The maximum atomic E-state index is 12.4. The number of aromatic nitrogens is 2. The minimum atomic E-state index is -0.214. The van der Waals surface area contributed by atoms with Crippen molar-refractivity contribution in [3.05, 3.63) is 48.4 Å². The third kappa shape index (κ3) is 2.76. The second-order valence-electron chi connectivity index (χ2n) is 6.23. The SMILES string of the molecule is CC1(CO)CCCC1NC(=O)c1ccc(-n2cccc2)nc1. The number of carbonyl (C=O) groups is 1. The minimum Gasteiger partial charge on any atom is -0.396 e. The Morgan fingerprint density at radius 1 is 1.45 bits per heavy atom. The third-order valence-electron chi connectivity index (χ3n) is 4.63. The van der Waals surface area contributed by atoms with Gasteiger partial charge in [-0.05, 0) is 37.1 Å². The van der Waals surface area contributed by atoms with Crippen LogP contribution < -0.4 is 5.32 Å². The van der Waals surface area contributed by atoms with Gasteiger partial charge in [0.2, 0.25) is 0 Å². The van der Waals surface area contributed by atoms with Gasteiger partial charge in [-0.25, -0.2) is 4.98 Å². The molecule has 5 heteroatoms. The van der Waals surface area contributed by atoms with E-state index in [-0.39, 0.29) is 24.0 Å². The maximum absolute atomic E-state index is 12.4. The summed E-state index contributed by atoms with van der Waals surface area (Å²) in [4.78, 5) is 16.7. The smallest absolute Gasteiger partial charge is 0.253 e. The first-order valence-electron chi connectivity index (χ1n) is 7.63. The number of hydrogen-bond acceptors (Lipinski definition) is 3. The largest absolute Gasteiger partial charge is 0.396 e. The van der Waals surface area contributed by atoms with Crippen molar-refractivity contribution in [3.8, 4) is 5.82 Å². The van der Waals surface area contributed by atoms with Crippen LogP contribution in [0.5, 0.6) is 0 Å². The van der Waals surface area contributed by atoms with E-state index < -0.39 is 0 Å². The molecule has 0 radical (unpaired) electrons. The fourth-order valence-corrected chi connectivity index (χ4v) is 3.07. The number of aliphatic hydroxyl groups excluding tert-OH is 1. The zero-order valence-corrected chi connectivity index (χ0v) is 12.7. The van der Waals surface area contributed by atoms with Crippen molar-refractivity contribution in [1.82, 2.24) is 14.9 Å². The molecule has 1 saturated carbocycles. The van der Waals surface area contributed by atoms with Crippen LogP contribution in [0.3, 0.4) is 0 Å². The molecule has 0 spiro atoms. The predicted octanol–water partition coefficient (Wildman–Crippen LogP) is 2.15. The number of aliphatic hydroxyl groups is 1. The van der Waals surface area contributed by atoms with Crippen molar-refractivity contribution in [3.63, 3.8) is 0 Å². The van der Waals surface area contributed by atoms with E-state index in [0.29, 0.717) is 5.56 Å². The number of amides is 1. The van der Waals surface area contributed by atoms with Crippen LogP contribution in [0.1, 0.15) is 36.5 Å². The lowest BCUT2D eigenvalue weighted by Gasteiger charge is -2.30. The molecule has 0 aliphatic heterocycles. The summed E-state index contributed by atoms with van der Waals surface area (Å²) in [5.74, 6) is 0.653. The molecule has 2 aromatic heterocycles. The molecule has 0 bridgehead atoms. The van der Waals surface area contributed by atoms with Gasteiger partial charge in [0, 0.05) is 30.0 Å². The van der Waals surface area contributed by atoms with Crippen LogP contribution in [0.15, 0.2) is 42.9 Å². The van der Waals surface area contributed by atoms with Gasteiger partial charge in [-0.2, -0.15) is 0 Å². The molecule has 3 rings (SSSR count). The summed E-state index contributed by atoms with van der Waals surface area (Å²) in [6, 6.07) is 7.49. The number of carbonyl (C=O) groups excluding carboxylic acids is 1. The van der Waals surface area contributed by atoms with Crippen molar-refractivity contribution in [2.75, 3.05) is 6.61 Å². The Kier molecular flexibility index (Phi) is 3.98.